The van der Waals surface area contributed by atoms with Crippen LogP contribution >= 0.6 is 0 Å². The topological polar surface area (TPSA) is 47.1 Å². The summed E-state index contributed by atoms with van der Waals surface area (Å²) in [5.74, 6) is 0. The Labute approximate surface area is 104 Å². The molecule has 0 radical (unpaired) electrons. The zero-order valence-corrected chi connectivity index (χ0v) is 11.2. The summed E-state index contributed by atoms with van der Waals surface area (Å²) in [6.45, 7) is 7.62. The fraction of sp³-hybridized carbons (Fsp3) is 0.769. The van der Waals surface area contributed by atoms with E-state index in [1.807, 2.05) is 11.7 Å². The van der Waals surface area contributed by atoms with Gasteiger partial charge in [-0.15, -0.1) is 0 Å². The third-order valence-corrected chi connectivity index (χ3v) is 3.88. The Bertz CT molecular complexity index is 383. The summed E-state index contributed by atoms with van der Waals surface area (Å²) in [6.07, 6.45) is 3.52. The SMILES string of the molecule is Cc1nn(C)c(C)c1CCN1CCC[C@H](N)C1. The van der Waals surface area contributed by atoms with Crippen molar-refractivity contribution in [1.29, 1.82) is 0 Å². The Hall–Kier alpha value is -0.870. The molecule has 17 heavy (non-hydrogen) atoms. The van der Waals surface area contributed by atoms with Gasteiger partial charge in [0.1, 0.15) is 0 Å². The molecule has 2 heterocycles. The summed E-state index contributed by atoms with van der Waals surface area (Å²) in [7, 11) is 2.02. The van der Waals surface area contributed by atoms with Crippen LogP contribution in [0.5, 0.6) is 0 Å². The minimum Gasteiger partial charge on any atom is -0.327 e. The molecule has 0 aromatic carbocycles. The normalized spacial score (nSPS) is 22.0. The Morgan fingerprint density at radius 3 is 2.76 bits per heavy atom. The van der Waals surface area contributed by atoms with Crippen LogP contribution in [0.25, 0.3) is 0 Å². The summed E-state index contributed by atoms with van der Waals surface area (Å²) in [6, 6.07) is 0.375. The summed E-state index contributed by atoms with van der Waals surface area (Å²) >= 11 is 0. The van der Waals surface area contributed by atoms with E-state index < -0.39 is 0 Å². The summed E-state index contributed by atoms with van der Waals surface area (Å²) in [5, 5.41) is 4.46. The van der Waals surface area contributed by atoms with Crippen LogP contribution in [-0.2, 0) is 13.5 Å². The maximum absolute atomic E-state index is 6.00. The van der Waals surface area contributed by atoms with Gasteiger partial charge in [-0.25, -0.2) is 0 Å². The Morgan fingerprint density at radius 1 is 1.41 bits per heavy atom. The van der Waals surface area contributed by atoms with Crippen LogP contribution in [0.4, 0.5) is 0 Å². The van der Waals surface area contributed by atoms with Crippen molar-refractivity contribution in [2.24, 2.45) is 12.8 Å². The van der Waals surface area contributed by atoms with E-state index in [1.165, 1.54) is 36.3 Å². The number of aryl methyl sites for hydroxylation is 2. The number of nitrogens with two attached hydrogens (primary N) is 1. The minimum absolute atomic E-state index is 0.375. The molecule has 0 amide bonds. The van der Waals surface area contributed by atoms with Crippen LogP contribution in [0.1, 0.15) is 29.8 Å². The molecule has 0 spiro atoms. The first-order valence-electron chi connectivity index (χ1n) is 6.55. The average Bonchev–Trinajstić information content (AvgIpc) is 2.51. The molecule has 4 nitrogen and oxygen atoms in total. The Kier molecular flexibility index (Phi) is 3.84. The van der Waals surface area contributed by atoms with E-state index in [4.69, 9.17) is 5.73 Å². The van der Waals surface area contributed by atoms with Crippen molar-refractivity contribution >= 4 is 0 Å². The van der Waals surface area contributed by atoms with Gasteiger partial charge in [-0.2, -0.15) is 5.10 Å². The molecule has 2 rings (SSSR count). The third-order valence-electron chi connectivity index (χ3n) is 3.88. The smallest absolute Gasteiger partial charge is 0.0628 e. The molecular weight excluding hydrogens is 212 g/mol. The molecule has 0 unspecified atom stereocenters. The van der Waals surface area contributed by atoms with Crippen molar-refractivity contribution in [1.82, 2.24) is 14.7 Å². The molecule has 1 aliphatic rings. The number of rotatable bonds is 3. The number of likely N-dealkylation sites (tertiary alicyclic amines) is 1. The fourth-order valence-corrected chi connectivity index (χ4v) is 2.74. The molecule has 0 aliphatic carbocycles. The second kappa shape index (κ2) is 5.19. The molecular formula is C13H24N4. The highest BCUT2D eigenvalue weighted by molar-refractivity contribution is 5.24. The van der Waals surface area contributed by atoms with Gasteiger partial charge in [0.05, 0.1) is 5.69 Å². The van der Waals surface area contributed by atoms with Gasteiger partial charge in [-0.05, 0) is 45.2 Å². The van der Waals surface area contributed by atoms with Gasteiger partial charge >= 0.3 is 0 Å². The van der Waals surface area contributed by atoms with Crippen LogP contribution in [-0.4, -0.2) is 40.4 Å². The zero-order chi connectivity index (χ0) is 12.4. The first kappa shape index (κ1) is 12.6. The van der Waals surface area contributed by atoms with Crippen molar-refractivity contribution < 1.29 is 0 Å². The summed E-state index contributed by atoms with van der Waals surface area (Å²) in [5.41, 5.74) is 9.88. The lowest BCUT2D eigenvalue weighted by atomic mass is 10.0. The lowest BCUT2D eigenvalue weighted by Crippen LogP contribution is -2.43. The lowest BCUT2D eigenvalue weighted by Gasteiger charge is -2.30. The first-order chi connectivity index (χ1) is 8.08. The van der Waals surface area contributed by atoms with E-state index in [9.17, 15) is 0 Å². The van der Waals surface area contributed by atoms with Gasteiger partial charge in [-0.3, -0.25) is 4.68 Å². The number of hydrogen-bond donors (Lipinski definition) is 1. The van der Waals surface area contributed by atoms with Gasteiger partial charge in [0.25, 0.3) is 0 Å². The number of aromatic nitrogens is 2. The van der Waals surface area contributed by atoms with E-state index in [0.717, 1.165) is 19.5 Å². The van der Waals surface area contributed by atoms with Crippen molar-refractivity contribution in [2.75, 3.05) is 19.6 Å². The molecule has 1 fully saturated rings. The highest BCUT2D eigenvalue weighted by Gasteiger charge is 2.17. The van der Waals surface area contributed by atoms with Gasteiger partial charge in [-0.1, -0.05) is 0 Å². The predicted molar refractivity (Wildman–Crippen MR) is 70.0 cm³/mol. The number of hydrogen-bond acceptors (Lipinski definition) is 3. The number of piperidine rings is 1. The predicted octanol–water partition coefficient (Wildman–Crippen LogP) is 1.00. The van der Waals surface area contributed by atoms with E-state index in [-0.39, 0.29) is 0 Å². The van der Waals surface area contributed by atoms with Crippen molar-refractivity contribution in [3.05, 3.63) is 17.0 Å². The third kappa shape index (κ3) is 2.87. The van der Waals surface area contributed by atoms with E-state index in [2.05, 4.69) is 23.8 Å². The molecule has 0 bridgehead atoms. The monoisotopic (exact) mass is 236 g/mol. The Morgan fingerprint density at radius 2 is 2.18 bits per heavy atom. The van der Waals surface area contributed by atoms with Crippen LogP contribution in [0, 0.1) is 13.8 Å². The molecule has 1 saturated heterocycles. The maximum atomic E-state index is 6.00. The molecule has 1 aliphatic heterocycles. The van der Waals surface area contributed by atoms with Gasteiger partial charge < -0.3 is 10.6 Å². The quantitative estimate of drug-likeness (QED) is 0.852. The molecule has 1 aromatic rings. The average molecular weight is 236 g/mol. The molecule has 1 atom stereocenters. The highest BCUT2D eigenvalue weighted by Crippen LogP contribution is 2.14. The van der Waals surface area contributed by atoms with E-state index in [0.29, 0.717) is 6.04 Å². The van der Waals surface area contributed by atoms with Crippen molar-refractivity contribution in [3.63, 3.8) is 0 Å². The van der Waals surface area contributed by atoms with Crippen molar-refractivity contribution in [3.8, 4) is 0 Å². The number of nitrogens with zero attached hydrogens (tertiary/aromatic N) is 3. The molecule has 4 heteroatoms. The van der Waals surface area contributed by atoms with E-state index in [1.54, 1.807) is 0 Å². The summed E-state index contributed by atoms with van der Waals surface area (Å²) in [4.78, 5) is 2.49. The Balaban J connectivity index is 1.93. The molecule has 96 valence electrons. The second-order valence-electron chi connectivity index (χ2n) is 5.23. The van der Waals surface area contributed by atoms with Gasteiger partial charge in [0.2, 0.25) is 0 Å². The summed E-state index contributed by atoms with van der Waals surface area (Å²) < 4.78 is 1.98. The highest BCUT2D eigenvalue weighted by atomic mass is 15.3. The standard InChI is InChI=1S/C13H24N4/c1-10-13(11(2)16(3)15-10)6-8-17-7-4-5-12(14)9-17/h12H,4-9,14H2,1-3H3/t12-/m0/s1. The van der Waals surface area contributed by atoms with Crippen LogP contribution in [0.3, 0.4) is 0 Å². The van der Waals surface area contributed by atoms with Gasteiger partial charge in [0.15, 0.2) is 0 Å². The largest absolute Gasteiger partial charge is 0.327 e. The lowest BCUT2D eigenvalue weighted by molar-refractivity contribution is 0.211. The van der Waals surface area contributed by atoms with Crippen LogP contribution in [0.2, 0.25) is 0 Å². The molecule has 1 aromatic heterocycles. The fourth-order valence-electron chi connectivity index (χ4n) is 2.74. The van der Waals surface area contributed by atoms with Crippen molar-refractivity contribution in [2.45, 2.75) is 39.2 Å². The van der Waals surface area contributed by atoms with Crippen LogP contribution in [0.15, 0.2) is 0 Å². The molecule has 0 saturated carbocycles. The van der Waals surface area contributed by atoms with Crippen LogP contribution < -0.4 is 5.73 Å². The van der Waals surface area contributed by atoms with E-state index >= 15 is 0 Å². The second-order valence-corrected chi connectivity index (χ2v) is 5.23. The zero-order valence-electron chi connectivity index (χ0n) is 11.2. The maximum Gasteiger partial charge on any atom is 0.0628 e. The minimum atomic E-state index is 0.375. The van der Waals surface area contributed by atoms with Gasteiger partial charge in [0, 0.05) is 31.9 Å². The first-order valence-corrected chi connectivity index (χ1v) is 6.55. The molecule has 2 N–H and O–H groups in total.